The summed E-state index contributed by atoms with van der Waals surface area (Å²) in [5.74, 6) is -1.37. The number of hydrogen-bond donors (Lipinski definition) is 2. The summed E-state index contributed by atoms with van der Waals surface area (Å²) in [4.78, 5) is 53.9. The summed E-state index contributed by atoms with van der Waals surface area (Å²) in [7, 11) is 1.25. The molecule has 0 heterocycles. The first-order valence-electron chi connectivity index (χ1n) is 13.9. The highest BCUT2D eigenvalue weighted by Crippen LogP contribution is 2.26. The third-order valence-electron chi connectivity index (χ3n) is 6.27. The molecule has 2 atom stereocenters. The summed E-state index contributed by atoms with van der Waals surface area (Å²) < 4.78 is 10.1. The fourth-order valence-corrected chi connectivity index (χ4v) is 4.15. The van der Waals surface area contributed by atoms with Crippen molar-refractivity contribution in [1.82, 2.24) is 15.5 Å². The van der Waals surface area contributed by atoms with Crippen molar-refractivity contribution in [1.29, 1.82) is 0 Å². The standard InChI is InChI=1S/C30H49N3O6/c1-10-11-12-13-16-33(28(36)24(17-20(2)3)32-29(37)39-30(6,7)8)26(27(35)31-19-25(34)38-9)23-15-14-21(4)22(5)18-23/h14-15,18,20,24,26H,10-13,16-17,19H2,1-9H3,(H,31,35)(H,32,37). The number of nitrogens with one attached hydrogen (secondary N) is 2. The second-order valence-corrected chi connectivity index (χ2v) is 11.5. The summed E-state index contributed by atoms with van der Waals surface area (Å²) >= 11 is 0. The number of methoxy groups -OCH3 is 1. The van der Waals surface area contributed by atoms with Gasteiger partial charge in [-0.25, -0.2) is 4.79 Å². The van der Waals surface area contributed by atoms with E-state index in [4.69, 9.17) is 9.47 Å². The second-order valence-electron chi connectivity index (χ2n) is 11.5. The summed E-state index contributed by atoms with van der Waals surface area (Å²) in [6, 6.07) is 3.74. The quantitative estimate of drug-likeness (QED) is 0.251. The van der Waals surface area contributed by atoms with Gasteiger partial charge in [-0.1, -0.05) is 58.2 Å². The molecule has 0 aliphatic carbocycles. The van der Waals surface area contributed by atoms with Gasteiger partial charge in [-0.2, -0.15) is 0 Å². The van der Waals surface area contributed by atoms with Gasteiger partial charge in [0, 0.05) is 6.54 Å². The van der Waals surface area contributed by atoms with E-state index in [9.17, 15) is 19.2 Å². The number of rotatable bonds is 14. The lowest BCUT2D eigenvalue weighted by molar-refractivity contribution is -0.145. The molecule has 1 aromatic rings. The molecular weight excluding hydrogens is 498 g/mol. The van der Waals surface area contributed by atoms with Gasteiger partial charge < -0.3 is 25.0 Å². The molecule has 0 saturated heterocycles. The number of ether oxygens (including phenoxy) is 2. The highest BCUT2D eigenvalue weighted by molar-refractivity contribution is 5.93. The molecular formula is C30H49N3O6. The summed E-state index contributed by atoms with van der Waals surface area (Å²) in [5, 5.41) is 5.39. The van der Waals surface area contributed by atoms with E-state index in [1.54, 1.807) is 20.8 Å². The molecule has 2 unspecified atom stereocenters. The van der Waals surface area contributed by atoms with Crippen LogP contribution in [0.4, 0.5) is 4.79 Å². The zero-order valence-electron chi connectivity index (χ0n) is 25.3. The van der Waals surface area contributed by atoms with Crippen molar-refractivity contribution in [3.63, 3.8) is 0 Å². The predicted octanol–water partition coefficient (Wildman–Crippen LogP) is 4.98. The molecule has 0 fully saturated rings. The van der Waals surface area contributed by atoms with Crippen LogP contribution in [0.1, 0.15) is 96.4 Å². The number of hydrogen-bond acceptors (Lipinski definition) is 6. The molecule has 0 aromatic heterocycles. The molecule has 2 N–H and O–H groups in total. The Hall–Kier alpha value is -3.10. The van der Waals surface area contributed by atoms with Crippen molar-refractivity contribution in [3.8, 4) is 0 Å². The molecule has 0 radical (unpaired) electrons. The van der Waals surface area contributed by atoms with E-state index in [2.05, 4.69) is 17.6 Å². The molecule has 0 saturated carbocycles. The summed E-state index contributed by atoms with van der Waals surface area (Å²) in [6.07, 6.45) is 3.27. The van der Waals surface area contributed by atoms with E-state index in [1.807, 2.05) is 45.9 Å². The lowest BCUT2D eigenvalue weighted by Gasteiger charge is -2.35. The van der Waals surface area contributed by atoms with Crippen LogP contribution < -0.4 is 10.6 Å². The minimum Gasteiger partial charge on any atom is -0.468 e. The molecule has 3 amide bonds. The zero-order chi connectivity index (χ0) is 29.8. The predicted molar refractivity (Wildman–Crippen MR) is 152 cm³/mol. The summed E-state index contributed by atoms with van der Waals surface area (Å²) in [5.41, 5.74) is 1.93. The van der Waals surface area contributed by atoms with Crippen LogP contribution in [0.2, 0.25) is 0 Å². The third kappa shape index (κ3) is 12.1. The van der Waals surface area contributed by atoms with Crippen molar-refractivity contribution in [2.75, 3.05) is 20.2 Å². The van der Waals surface area contributed by atoms with Gasteiger partial charge in [-0.05, 0) is 70.1 Å². The van der Waals surface area contributed by atoms with Gasteiger partial charge in [-0.15, -0.1) is 0 Å². The Balaban J connectivity index is 3.54. The van der Waals surface area contributed by atoms with Gasteiger partial charge in [0.1, 0.15) is 24.2 Å². The first-order chi connectivity index (χ1) is 18.2. The number of unbranched alkanes of at least 4 members (excludes halogenated alkanes) is 3. The Morgan fingerprint density at radius 1 is 1.00 bits per heavy atom. The van der Waals surface area contributed by atoms with Crippen LogP contribution in [-0.2, 0) is 23.9 Å². The van der Waals surface area contributed by atoms with Crippen LogP contribution in [0.25, 0.3) is 0 Å². The Labute approximate surface area is 234 Å². The molecule has 9 nitrogen and oxygen atoms in total. The van der Waals surface area contributed by atoms with E-state index >= 15 is 0 Å². The van der Waals surface area contributed by atoms with Crippen LogP contribution in [0, 0.1) is 19.8 Å². The van der Waals surface area contributed by atoms with Gasteiger partial charge in [-0.3, -0.25) is 14.4 Å². The number of carbonyl (C=O) groups excluding carboxylic acids is 4. The Bertz CT molecular complexity index is 970. The van der Waals surface area contributed by atoms with E-state index in [1.165, 1.54) is 12.0 Å². The van der Waals surface area contributed by atoms with Gasteiger partial charge in [0.15, 0.2) is 0 Å². The minimum atomic E-state index is -1.00. The Morgan fingerprint density at radius 2 is 1.67 bits per heavy atom. The highest BCUT2D eigenvalue weighted by Gasteiger charge is 2.36. The molecule has 0 spiro atoms. The highest BCUT2D eigenvalue weighted by atomic mass is 16.6. The minimum absolute atomic E-state index is 0.0871. The van der Waals surface area contributed by atoms with Gasteiger partial charge >= 0.3 is 12.1 Å². The van der Waals surface area contributed by atoms with Crippen LogP contribution in [-0.4, -0.2) is 60.6 Å². The van der Waals surface area contributed by atoms with E-state index < -0.39 is 35.7 Å². The average Bonchev–Trinajstić information content (AvgIpc) is 2.83. The molecule has 1 rings (SSSR count). The zero-order valence-corrected chi connectivity index (χ0v) is 25.3. The molecule has 0 aliphatic rings. The normalized spacial score (nSPS) is 12.9. The third-order valence-corrected chi connectivity index (χ3v) is 6.27. The largest absolute Gasteiger partial charge is 0.468 e. The molecule has 9 heteroatoms. The number of esters is 1. The van der Waals surface area contributed by atoms with Crippen LogP contribution in [0.15, 0.2) is 18.2 Å². The van der Waals surface area contributed by atoms with Crippen molar-refractivity contribution in [2.24, 2.45) is 5.92 Å². The van der Waals surface area contributed by atoms with Crippen LogP contribution in [0.3, 0.4) is 0 Å². The average molecular weight is 548 g/mol. The van der Waals surface area contributed by atoms with E-state index in [-0.39, 0.29) is 18.4 Å². The monoisotopic (exact) mass is 547 g/mol. The first kappa shape index (κ1) is 33.9. The smallest absolute Gasteiger partial charge is 0.408 e. The number of nitrogens with zero attached hydrogens (tertiary/aromatic N) is 1. The second kappa shape index (κ2) is 16.1. The maximum Gasteiger partial charge on any atom is 0.408 e. The maximum absolute atomic E-state index is 14.2. The lowest BCUT2D eigenvalue weighted by atomic mass is 9.96. The number of carbonyl (C=O) groups is 4. The maximum atomic E-state index is 14.2. The van der Waals surface area contributed by atoms with Gasteiger partial charge in [0.2, 0.25) is 11.8 Å². The number of amides is 3. The van der Waals surface area contributed by atoms with Crippen LogP contribution >= 0.6 is 0 Å². The topological polar surface area (TPSA) is 114 Å². The van der Waals surface area contributed by atoms with Gasteiger partial charge in [0.05, 0.1) is 7.11 Å². The van der Waals surface area contributed by atoms with Crippen molar-refractivity contribution in [2.45, 2.75) is 105 Å². The van der Waals surface area contributed by atoms with E-state index in [0.29, 0.717) is 24.9 Å². The first-order valence-corrected chi connectivity index (χ1v) is 13.9. The van der Waals surface area contributed by atoms with Crippen LogP contribution in [0.5, 0.6) is 0 Å². The molecule has 0 bridgehead atoms. The number of aryl methyl sites for hydroxylation is 2. The lowest BCUT2D eigenvalue weighted by Crippen LogP contribution is -2.54. The molecule has 220 valence electrons. The summed E-state index contributed by atoms with van der Waals surface area (Å²) in [6.45, 7) is 15.2. The van der Waals surface area contributed by atoms with Crippen molar-refractivity contribution >= 4 is 23.9 Å². The number of benzene rings is 1. The van der Waals surface area contributed by atoms with Gasteiger partial charge in [0.25, 0.3) is 0 Å². The van der Waals surface area contributed by atoms with E-state index in [0.717, 1.165) is 30.4 Å². The molecule has 39 heavy (non-hydrogen) atoms. The fraction of sp³-hybridized carbons (Fsp3) is 0.667. The van der Waals surface area contributed by atoms with Crippen molar-refractivity contribution < 1.29 is 28.7 Å². The molecule has 1 aromatic carbocycles. The number of alkyl carbamates (subject to hydrolysis) is 1. The Kier molecular flexibility index (Phi) is 14.0. The SMILES string of the molecule is CCCCCCN(C(=O)C(CC(C)C)NC(=O)OC(C)(C)C)C(C(=O)NCC(=O)OC)c1ccc(C)c(C)c1. The fourth-order valence-electron chi connectivity index (χ4n) is 4.15. The van der Waals surface area contributed by atoms with Crippen molar-refractivity contribution in [3.05, 3.63) is 34.9 Å². The Morgan fingerprint density at radius 3 is 2.21 bits per heavy atom. The molecule has 0 aliphatic heterocycles.